The molecule has 9 nitrogen and oxygen atoms in total. The molecule has 2 saturated heterocycles. The van der Waals surface area contributed by atoms with Crippen LogP contribution in [0.4, 0.5) is 11.6 Å². The number of aromatic nitrogens is 4. The van der Waals surface area contributed by atoms with E-state index in [1.54, 1.807) is 23.0 Å². The molecule has 1 aromatic carbocycles. The van der Waals surface area contributed by atoms with E-state index in [4.69, 9.17) is 10.5 Å². The van der Waals surface area contributed by atoms with Crippen LogP contribution in [0.15, 0.2) is 35.5 Å². The number of hydrogen-bond acceptors (Lipinski definition) is 8. The first-order valence-electron chi connectivity index (χ1n) is 13.3. The van der Waals surface area contributed by atoms with Crippen molar-refractivity contribution in [2.45, 2.75) is 49.6 Å². The lowest BCUT2D eigenvalue weighted by atomic mass is 9.75. The van der Waals surface area contributed by atoms with Gasteiger partial charge in [0.2, 0.25) is 0 Å². The molecule has 0 aliphatic carbocycles. The lowest BCUT2D eigenvalue weighted by Gasteiger charge is -2.42. The Bertz CT molecular complexity index is 1370. The predicted molar refractivity (Wildman–Crippen MR) is 148 cm³/mol. The van der Waals surface area contributed by atoms with E-state index in [0.29, 0.717) is 37.8 Å². The van der Waals surface area contributed by atoms with E-state index in [1.165, 1.54) is 18.4 Å². The largest absolute Gasteiger partial charge is 0.384 e. The van der Waals surface area contributed by atoms with Gasteiger partial charge in [-0.25, -0.2) is 4.98 Å². The molecule has 5 heterocycles. The monoisotopic (exact) mass is 533 g/mol. The van der Waals surface area contributed by atoms with Gasteiger partial charge in [-0.1, -0.05) is 6.92 Å². The van der Waals surface area contributed by atoms with Crippen molar-refractivity contribution in [1.82, 2.24) is 24.6 Å². The number of likely N-dealkylation sites (tertiary alicyclic amines) is 1. The fourth-order valence-electron chi connectivity index (χ4n) is 6.05. The molecular formula is C28H35N7O2S. The Labute approximate surface area is 227 Å². The number of nitrogens with zero attached hydrogens (tertiary/aromatic N) is 6. The Morgan fingerprint density at radius 3 is 2.76 bits per heavy atom. The number of nitrogen functional groups attached to an aromatic ring is 1. The maximum atomic E-state index is 13.8. The normalized spacial score (nSPS) is 21.0. The van der Waals surface area contributed by atoms with E-state index in [0.717, 1.165) is 53.0 Å². The molecule has 0 radical (unpaired) electrons. The van der Waals surface area contributed by atoms with Crippen LogP contribution in [0, 0.1) is 5.92 Å². The Hall–Kier alpha value is -2.95. The third-order valence-electron chi connectivity index (χ3n) is 8.21. The van der Waals surface area contributed by atoms with Crippen molar-refractivity contribution in [3.8, 4) is 0 Å². The van der Waals surface area contributed by atoms with E-state index in [2.05, 4.69) is 45.4 Å². The van der Waals surface area contributed by atoms with Crippen molar-refractivity contribution in [2.75, 3.05) is 43.2 Å². The minimum absolute atomic E-state index is 0.0135. The minimum atomic E-state index is -0.272. The Balaban J connectivity index is 1.29. The van der Waals surface area contributed by atoms with E-state index in [1.807, 2.05) is 23.7 Å². The second kappa shape index (κ2) is 9.98. The summed E-state index contributed by atoms with van der Waals surface area (Å²) < 4.78 is 7.59. The highest BCUT2D eigenvalue weighted by Crippen LogP contribution is 2.40. The number of rotatable bonds is 7. The smallest absolute Gasteiger partial charge is 0.260 e. The summed E-state index contributed by atoms with van der Waals surface area (Å²) in [6, 6.07) is 8.27. The number of pyridine rings is 1. The first kappa shape index (κ1) is 25.3. The number of fused-ring (bicyclic) bond motifs is 1. The van der Waals surface area contributed by atoms with Gasteiger partial charge < -0.3 is 15.0 Å². The van der Waals surface area contributed by atoms with Gasteiger partial charge in [-0.3, -0.25) is 14.6 Å². The van der Waals surface area contributed by atoms with Gasteiger partial charge in [0.05, 0.1) is 19.8 Å². The van der Waals surface area contributed by atoms with Crippen molar-refractivity contribution < 1.29 is 9.53 Å². The molecule has 2 aromatic heterocycles. The number of aryl methyl sites for hydroxylation is 1. The lowest BCUT2D eigenvalue weighted by Crippen LogP contribution is -2.49. The molecule has 1 atom stereocenters. The molecule has 10 heteroatoms. The SMILES string of the molecule is CSc1cc(CN2CCC[C@H](C)C2)cc2c1CN(c1cc(C3(Cc4nncn4C)COC3)cc(N)n1)C2=O. The number of nitrogens with two attached hydrogens (primary N) is 1. The van der Waals surface area contributed by atoms with Crippen molar-refractivity contribution >= 4 is 29.3 Å². The van der Waals surface area contributed by atoms with Crippen LogP contribution in [0.25, 0.3) is 0 Å². The van der Waals surface area contributed by atoms with Gasteiger partial charge in [0, 0.05) is 42.4 Å². The summed E-state index contributed by atoms with van der Waals surface area (Å²) in [6.45, 7) is 7.05. The number of amides is 1. The van der Waals surface area contributed by atoms with Crippen LogP contribution in [0.1, 0.15) is 52.6 Å². The summed E-state index contributed by atoms with van der Waals surface area (Å²) >= 11 is 1.70. The average Bonchev–Trinajstić information content (AvgIpc) is 3.43. The molecule has 200 valence electrons. The molecule has 1 amide bonds. The number of hydrogen-bond donors (Lipinski definition) is 1. The van der Waals surface area contributed by atoms with Crippen molar-refractivity contribution in [3.63, 3.8) is 0 Å². The second-order valence-electron chi connectivity index (χ2n) is 11.1. The zero-order valence-corrected chi connectivity index (χ0v) is 23.1. The Kier molecular flexibility index (Phi) is 6.65. The van der Waals surface area contributed by atoms with Crippen molar-refractivity contribution in [2.24, 2.45) is 13.0 Å². The van der Waals surface area contributed by atoms with E-state index in [-0.39, 0.29) is 11.3 Å². The molecule has 3 aliphatic rings. The van der Waals surface area contributed by atoms with Crippen LogP contribution < -0.4 is 10.6 Å². The number of anilines is 2. The first-order chi connectivity index (χ1) is 18.3. The van der Waals surface area contributed by atoms with E-state index < -0.39 is 0 Å². The van der Waals surface area contributed by atoms with Gasteiger partial charge in [-0.05, 0) is 72.5 Å². The molecule has 2 fully saturated rings. The van der Waals surface area contributed by atoms with Crippen LogP contribution >= 0.6 is 11.8 Å². The number of benzene rings is 1. The standard InChI is InChI=1S/C28H35N7O2S/c1-18-5-4-6-34(12-18)13-19-7-21-22(23(8-19)38-3)14-35(27(21)36)25-10-20(9-24(29)31-25)28(15-37-16-28)11-26-32-30-17-33(26)2/h7-10,17-18H,4-6,11-16H2,1-3H3,(H2,29,31)/t18-/m0/s1. The molecule has 0 spiro atoms. The van der Waals surface area contributed by atoms with Crippen LogP contribution in [-0.2, 0) is 36.7 Å². The summed E-state index contributed by atoms with van der Waals surface area (Å²) in [4.78, 5) is 23.8. The average molecular weight is 534 g/mol. The zero-order valence-electron chi connectivity index (χ0n) is 22.3. The molecule has 38 heavy (non-hydrogen) atoms. The predicted octanol–water partition coefficient (Wildman–Crippen LogP) is 3.42. The summed E-state index contributed by atoms with van der Waals surface area (Å²) in [5.41, 5.74) is 10.1. The number of carbonyl (C=O) groups excluding carboxylic acids is 1. The van der Waals surface area contributed by atoms with Gasteiger partial charge in [0.1, 0.15) is 23.8 Å². The molecule has 3 aromatic rings. The van der Waals surface area contributed by atoms with Gasteiger partial charge in [-0.2, -0.15) is 0 Å². The van der Waals surface area contributed by atoms with Crippen LogP contribution in [0.5, 0.6) is 0 Å². The Morgan fingerprint density at radius 1 is 1.24 bits per heavy atom. The Morgan fingerprint density at radius 2 is 2.08 bits per heavy atom. The quantitative estimate of drug-likeness (QED) is 0.461. The van der Waals surface area contributed by atoms with Gasteiger partial charge in [0.15, 0.2) is 0 Å². The maximum Gasteiger partial charge on any atom is 0.260 e. The fraction of sp³-hybridized carbons (Fsp3) is 0.500. The minimum Gasteiger partial charge on any atom is -0.384 e. The third-order valence-corrected chi connectivity index (χ3v) is 9.01. The highest BCUT2D eigenvalue weighted by Gasteiger charge is 2.43. The van der Waals surface area contributed by atoms with Gasteiger partial charge in [-0.15, -0.1) is 22.0 Å². The molecule has 2 N–H and O–H groups in total. The maximum absolute atomic E-state index is 13.8. The molecule has 0 saturated carbocycles. The number of ether oxygens (including phenoxy) is 1. The van der Waals surface area contributed by atoms with E-state index >= 15 is 0 Å². The summed E-state index contributed by atoms with van der Waals surface area (Å²) in [5.74, 6) is 2.58. The van der Waals surface area contributed by atoms with Crippen molar-refractivity contribution in [1.29, 1.82) is 0 Å². The number of thioether (sulfide) groups is 1. The summed E-state index contributed by atoms with van der Waals surface area (Å²) in [7, 11) is 1.94. The highest BCUT2D eigenvalue weighted by atomic mass is 32.2. The number of carbonyl (C=O) groups is 1. The molecular weight excluding hydrogens is 498 g/mol. The second-order valence-corrected chi connectivity index (χ2v) is 12.0. The summed E-state index contributed by atoms with van der Waals surface area (Å²) in [6.07, 6.45) is 7.00. The third kappa shape index (κ3) is 4.58. The topological polar surface area (TPSA) is 102 Å². The van der Waals surface area contributed by atoms with Crippen LogP contribution in [-0.4, -0.2) is 63.1 Å². The highest BCUT2D eigenvalue weighted by molar-refractivity contribution is 7.98. The summed E-state index contributed by atoms with van der Waals surface area (Å²) in [5, 5.41) is 8.31. The molecule has 0 bridgehead atoms. The van der Waals surface area contributed by atoms with Crippen molar-refractivity contribution in [3.05, 3.63) is 58.7 Å². The molecule has 6 rings (SSSR count). The van der Waals surface area contributed by atoms with Crippen LogP contribution in [0.3, 0.4) is 0 Å². The van der Waals surface area contributed by atoms with E-state index in [9.17, 15) is 4.79 Å². The molecule has 0 unspecified atom stereocenters. The van der Waals surface area contributed by atoms with Gasteiger partial charge >= 0.3 is 0 Å². The lowest BCUT2D eigenvalue weighted by molar-refractivity contribution is -0.0611. The first-order valence-corrected chi connectivity index (χ1v) is 14.5. The fourth-order valence-corrected chi connectivity index (χ4v) is 6.74. The van der Waals surface area contributed by atoms with Crippen LogP contribution in [0.2, 0.25) is 0 Å². The van der Waals surface area contributed by atoms with Gasteiger partial charge in [0.25, 0.3) is 5.91 Å². The zero-order chi connectivity index (χ0) is 26.4. The molecule has 3 aliphatic heterocycles. The number of piperidine rings is 1.